The molecule has 1 amide bonds. The number of nitriles is 1. The van der Waals surface area contributed by atoms with Crippen LogP contribution in [0.3, 0.4) is 0 Å². The molecule has 7 heteroatoms. The van der Waals surface area contributed by atoms with Crippen molar-refractivity contribution in [3.8, 4) is 17.2 Å². The number of hydrogen-bond donors (Lipinski definition) is 2. The lowest BCUT2D eigenvalue weighted by atomic mass is 10.0. The van der Waals surface area contributed by atoms with Crippen LogP contribution in [0.2, 0.25) is 0 Å². The Bertz CT molecular complexity index is 1070. The summed E-state index contributed by atoms with van der Waals surface area (Å²) < 4.78 is 16.0. The van der Waals surface area contributed by atoms with Gasteiger partial charge < -0.3 is 11.1 Å². The van der Waals surface area contributed by atoms with Crippen LogP contribution in [0.25, 0.3) is 16.6 Å². The predicted molar refractivity (Wildman–Crippen MR) is 107 cm³/mol. The predicted octanol–water partition coefficient (Wildman–Crippen LogP) is 3.71. The number of nitrogens with one attached hydrogen (secondary N) is 1. The molecule has 0 fully saturated rings. The SMILES string of the molecule is C[C@@H](Nc1c(C(N)=O)cnn2cc(-c3cccc(CC#N)c3)cc12)C(C)(C)F. The summed E-state index contributed by atoms with van der Waals surface area (Å²) in [6.07, 6.45) is 3.52. The minimum Gasteiger partial charge on any atom is -0.377 e. The van der Waals surface area contributed by atoms with Crippen molar-refractivity contribution in [2.75, 3.05) is 5.32 Å². The van der Waals surface area contributed by atoms with Gasteiger partial charge >= 0.3 is 0 Å². The highest BCUT2D eigenvalue weighted by Gasteiger charge is 2.27. The van der Waals surface area contributed by atoms with E-state index in [-0.39, 0.29) is 5.56 Å². The number of nitrogens with two attached hydrogens (primary N) is 1. The zero-order valence-corrected chi connectivity index (χ0v) is 16.0. The summed E-state index contributed by atoms with van der Waals surface area (Å²) in [6, 6.07) is 11.1. The zero-order chi connectivity index (χ0) is 20.5. The lowest BCUT2D eigenvalue weighted by molar-refractivity contribution is 0.1000. The first-order valence-electron chi connectivity index (χ1n) is 8.93. The van der Waals surface area contributed by atoms with E-state index in [4.69, 9.17) is 11.0 Å². The van der Waals surface area contributed by atoms with Crippen LogP contribution in [0.5, 0.6) is 0 Å². The molecular weight excluding hydrogens is 357 g/mol. The molecule has 3 aromatic rings. The molecule has 0 aliphatic heterocycles. The van der Waals surface area contributed by atoms with Crippen molar-refractivity contribution in [2.24, 2.45) is 5.73 Å². The summed E-state index contributed by atoms with van der Waals surface area (Å²) in [5.41, 5.74) is 7.96. The Labute approximate surface area is 162 Å². The third kappa shape index (κ3) is 3.81. The van der Waals surface area contributed by atoms with Crippen LogP contribution < -0.4 is 11.1 Å². The number of fused-ring (bicyclic) bond motifs is 1. The van der Waals surface area contributed by atoms with Crippen LogP contribution >= 0.6 is 0 Å². The minimum atomic E-state index is -1.50. The van der Waals surface area contributed by atoms with Gasteiger partial charge in [-0.3, -0.25) is 4.79 Å². The Balaban J connectivity index is 2.13. The highest BCUT2D eigenvalue weighted by molar-refractivity contribution is 6.02. The molecule has 0 saturated heterocycles. The van der Waals surface area contributed by atoms with Gasteiger partial charge in [-0.15, -0.1) is 0 Å². The number of carbonyl (C=O) groups excluding carboxylic acids is 1. The Morgan fingerprint density at radius 3 is 2.79 bits per heavy atom. The molecule has 3 N–H and O–H groups in total. The van der Waals surface area contributed by atoms with Crippen LogP contribution in [0.4, 0.5) is 10.1 Å². The van der Waals surface area contributed by atoms with Crippen LogP contribution in [-0.2, 0) is 6.42 Å². The summed E-state index contributed by atoms with van der Waals surface area (Å²) in [4.78, 5) is 11.9. The Morgan fingerprint density at radius 1 is 1.39 bits per heavy atom. The van der Waals surface area contributed by atoms with Crippen LogP contribution in [0.15, 0.2) is 42.7 Å². The maximum atomic E-state index is 14.4. The fourth-order valence-corrected chi connectivity index (χ4v) is 2.89. The summed E-state index contributed by atoms with van der Waals surface area (Å²) >= 11 is 0. The van der Waals surface area contributed by atoms with Gasteiger partial charge in [0.05, 0.1) is 41.5 Å². The van der Waals surface area contributed by atoms with Crippen molar-refractivity contribution in [1.82, 2.24) is 9.61 Å². The lowest BCUT2D eigenvalue weighted by Gasteiger charge is -2.26. The number of halogens is 1. The van der Waals surface area contributed by atoms with Gasteiger partial charge in [0.25, 0.3) is 5.91 Å². The number of alkyl halides is 1. The van der Waals surface area contributed by atoms with Gasteiger partial charge in [0.2, 0.25) is 0 Å². The fourth-order valence-electron chi connectivity index (χ4n) is 2.89. The molecule has 0 bridgehead atoms. The number of amides is 1. The van der Waals surface area contributed by atoms with Crippen molar-refractivity contribution in [3.05, 3.63) is 53.9 Å². The van der Waals surface area contributed by atoms with E-state index in [2.05, 4.69) is 16.5 Å². The van der Waals surface area contributed by atoms with Crippen molar-refractivity contribution in [1.29, 1.82) is 5.26 Å². The second-order valence-corrected chi connectivity index (χ2v) is 7.32. The second-order valence-electron chi connectivity index (χ2n) is 7.32. The molecule has 0 aliphatic rings. The van der Waals surface area contributed by atoms with Crippen LogP contribution in [-0.4, -0.2) is 27.2 Å². The van der Waals surface area contributed by atoms with Gasteiger partial charge in [0, 0.05) is 11.8 Å². The maximum Gasteiger partial charge on any atom is 0.252 e. The van der Waals surface area contributed by atoms with Crippen LogP contribution in [0.1, 0.15) is 36.7 Å². The average Bonchev–Trinajstić information content (AvgIpc) is 3.06. The highest BCUT2D eigenvalue weighted by atomic mass is 19.1. The molecule has 2 heterocycles. The maximum absolute atomic E-state index is 14.4. The Kier molecular flexibility index (Phi) is 5.06. The number of carbonyl (C=O) groups is 1. The standard InChI is InChI=1S/C21H22FN5O/c1-13(21(2,3)22)26-19-17(20(24)28)11-25-27-12-16(10-18(19)27)15-6-4-5-14(9-15)7-8-23/h4-6,9-13,26H,7H2,1-3H3,(H2,24,28)/t13-/m1/s1. The van der Waals surface area contributed by atoms with E-state index < -0.39 is 17.6 Å². The molecule has 3 rings (SSSR count). The first-order valence-corrected chi connectivity index (χ1v) is 8.93. The topological polar surface area (TPSA) is 96.2 Å². The largest absolute Gasteiger partial charge is 0.377 e. The van der Waals surface area contributed by atoms with E-state index in [1.807, 2.05) is 36.5 Å². The third-order valence-electron chi connectivity index (χ3n) is 4.84. The second kappa shape index (κ2) is 7.31. The first kappa shape index (κ1) is 19.4. The zero-order valence-electron chi connectivity index (χ0n) is 16.0. The summed E-state index contributed by atoms with van der Waals surface area (Å²) in [5, 5.41) is 16.3. The van der Waals surface area contributed by atoms with Gasteiger partial charge in [0.1, 0.15) is 5.67 Å². The Morgan fingerprint density at radius 2 is 2.14 bits per heavy atom. The van der Waals surface area contributed by atoms with E-state index >= 15 is 0 Å². The van der Waals surface area contributed by atoms with Crippen molar-refractivity contribution in [3.63, 3.8) is 0 Å². The highest BCUT2D eigenvalue weighted by Crippen LogP contribution is 2.30. The molecule has 1 aromatic carbocycles. The van der Waals surface area contributed by atoms with Gasteiger partial charge in [-0.2, -0.15) is 10.4 Å². The number of anilines is 1. The number of nitrogens with zero attached hydrogens (tertiary/aromatic N) is 3. The van der Waals surface area contributed by atoms with Gasteiger partial charge in [-0.25, -0.2) is 8.91 Å². The van der Waals surface area contributed by atoms with E-state index in [1.54, 1.807) is 11.4 Å². The number of primary amides is 1. The number of rotatable bonds is 6. The van der Waals surface area contributed by atoms with E-state index in [0.29, 0.717) is 17.6 Å². The normalized spacial score (nSPS) is 12.5. The quantitative estimate of drug-likeness (QED) is 0.682. The molecule has 2 aromatic heterocycles. The molecular formula is C21H22FN5O. The van der Waals surface area contributed by atoms with Crippen molar-refractivity contribution in [2.45, 2.75) is 38.9 Å². The van der Waals surface area contributed by atoms with Gasteiger partial charge in [-0.1, -0.05) is 24.3 Å². The fraction of sp³-hybridized carbons (Fsp3) is 0.286. The first-order chi connectivity index (χ1) is 13.2. The Hall–Kier alpha value is -3.40. The number of hydrogen-bond acceptors (Lipinski definition) is 4. The molecule has 28 heavy (non-hydrogen) atoms. The molecule has 1 atom stereocenters. The summed E-state index contributed by atoms with van der Waals surface area (Å²) in [6.45, 7) is 4.64. The molecule has 144 valence electrons. The lowest BCUT2D eigenvalue weighted by Crippen LogP contribution is -2.36. The van der Waals surface area contributed by atoms with Gasteiger partial charge in [0.15, 0.2) is 0 Å². The molecule has 0 unspecified atom stereocenters. The number of aromatic nitrogens is 2. The van der Waals surface area contributed by atoms with E-state index in [9.17, 15) is 9.18 Å². The van der Waals surface area contributed by atoms with E-state index in [1.165, 1.54) is 20.0 Å². The van der Waals surface area contributed by atoms with E-state index in [0.717, 1.165) is 16.7 Å². The molecule has 0 spiro atoms. The monoisotopic (exact) mass is 379 g/mol. The number of benzene rings is 1. The molecule has 0 radical (unpaired) electrons. The van der Waals surface area contributed by atoms with Crippen molar-refractivity contribution < 1.29 is 9.18 Å². The van der Waals surface area contributed by atoms with Gasteiger partial charge in [-0.05, 0) is 38.0 Å². The summed E-state index contributed by atoms with van der Waals surface area (Å²) in [5.74, 6) is -0.639. The smallest absolute Gasteiger partial charge is 0.252 e. The van der Waals surface area contributed by atoms with Crippen molar-refractivity contribution >= 4 is 17.1 Å². The third-order valence-corrected chi connectivity index (χ3v) is 4.84. The molecule has 0 aliphatic carbocycles. The summed E-state index contributed by atoms with van der Waals surface area (Å²) in [7, 11) is 0. The molecule has 0 saturated carbocycles. The average molecular weight is 379 g/mol. The van der Waals surface area contributed by atoms with Crippen LogP contribution in [0, 0.1) is 11.3 Å². The minimum absolute atomic E-state index is 0.200. The molecule has 6 nitrogen and oxygen atoms in total.